The normalized spacial score (nSPS) is 10.0. The minimum atomic E-state index is -0.406. The highest BCUT2D eigenvalue weighted by Crippen LogP contribution is 2.21. The van der Waals surface area contributed by atoms with Gasteiger partial charge in [0.2, 0.25) is 0 Å². The second-order valence-corrected chi connectivity index (χ2v) is 3.45. The molecule has 0 aliphatic heterocycles. The van der Waals surface area contributed by atoms with Crippen molar-refractivity contribution in [2.45, 2.75) is 6.92 Å². The van der Waals surface area contributed by atoms with Crippen LogP contribution in [0.1, 0.15) is 16.1 Å². The van der Waals surface area contributed by atoms with Crippen LogP contribution in [0.5, 0.6) is 0 Å². The first-order valence-corrected chi connectivity index (χ1v) is 5.01. The Balaban J connectivity index is 2.33. The molecule has 88 valence electrons. The number of pyridine rings is 1. The summed E-state index contributed by atoms with van der Waals surface area (Å²) in [6.07, 6.45) is 4.75. The molecular formula is C11H12N4O2. The number of anilines is 2. The summed E-state index contributed by atoms with van der Waals surface area (Å²) in [6.45, 7) is 1.88. The lowest BCUT2D eigenvalue weighted by molar-refractivity contribution is 0.0602. The van der Waals surface area contributed by atoms with Crippen molar-refractivity contribution in [1.29, 1.82) is 0 Å². The fraction of sp³-hybridized carbons (Fsp3) is 0.182. The molecule has 0 spiro atoms. The van der Waals surface area contributed by atoms with E-state index < -0.39 is 5.97 Å². The number of methoxy groups -OCH3 is 1. The number of rotatable bonds is 3. The Kier molecular flexibility index (Phi) is 3.04. The summed E-state index contributed by atoms with van der Waals surface area (Å²) >= 11 is 0. The van der Waals surface area contributed by atoms with E-state index >= 15 is 0 Å². The molecule has 0 saturated heterocycles. The summed E-state index contributed by atoms with van der Waals surface area (Å²) in [5.74, 6) is -0.406. The maximum atomic E-state index is 11.5. The molecular weight excluding hydrogens is 220 g/mol. The molecule has 2 heterocycles. The minimum Gasteiger partial charge on any atom is -0.465 e. The topological polar surface area (TPSA) is 79.9 Å². The fourth-order valence-electron chi connectivity index (χ4n) is 1.40. The first-order valence-electron chi connectivity index (χ1n) is 5.01. The number of carbonyl (C=O) groups excluding carboxylic acids is 1. The Morgan fingerprint density at radius 2 is 2.24 bits per heavy atom. The van der Waals surface area contributed by atoms with E-state index in [-0.39, 0.29) is 0 Å². The third-order valence-corrected chi connectivity index (χ3v) is 2.33. The van der Waals surface area contributed by atoms with E-state index in [1.165, 1.54) is 7.11 Å². The average Bonchev–Trinajstić information content (AvgIpc) is 2.75. The van der Waals surface area contributed by atoms with Crippen molar-refractivity contribution in [2.24, 2.45) is 0 Å². The van der Waals surface area contributed by atoms with Crippen molar-refractivity contribution in [3.8, 4) is 0 Å². The second-order valence-electron chi connectivity index (χ2n) is 3.45. The number of carbonyl (C=O) groups is 1. The third-order valence-electron chi connectivity index (χ3n) is 2.33. The summed E-state index contributed by atoms with van der Waals surface area (Å²) in [5.41, 5.74) is 2.69. The number of nitrogens with zero attached hydrogens (tertiary/aromatic N) is 2. The molecule has 6 heteroatoms. The predicted octanol–water partition coefficient (Wildman–Crippen LogP) is 1.64. The van der Waals surface area contributed by atoms with Gasteiger partial charge in [-0.05, 0) is 13.0 Å². The monoisotopic (exact) mass is 232 g/mol. The Hall–Kier alpha value is -2.37. The fourth-order valence-corrected chi connectivity index (χ4v) is 1.40. The standard InChI is InChI=1S/C11H12N4O2/c1-7-9(6-13-15-7)14-10-5-12-4-3-8(10)11(16)17-2/h3-6,14H,1-2H3,(H,13,15). The first-order chi connectivity index (χ1) is 8.22. The smallest absolute Gasteiger partial charge is 0.340 e. The van der Waals surface area contributed by atoms with E-state index in [2.05, 4.69) is 20.5 Å². The van der Waals surface area contributed by atoms with Gasteiger partial charge in [-0.1, -0.05) is 0 Å². The number of esters is 1. The Bertz CT molecular complexity index is 536. The number of hydrogen-bond donors (Lipinski definition) is 2. The van der Waals surface area contributed by atoms with Crippen LogP contribution in [-0.2, 0) is 4.74 Å². The maximum absolute atomic E-state index is 11.5. The lowest BCUT2D eigenvalue weighted by Crippen LogP contribution is -2.06. The first kappa shape index (κ1) is 11.1. The molecule has 6 nitrogen and oxygen atoms in total. The molecule has 2 aromatic heterocycles. The van der Waals surface area contributed by atoms with Gasteiger partial charge < -0.3 is 10.1 Å². The molecule has 0 saturated carbocycles. The highest BCUT2D eigenvalue weighted by Gasteiger charge is 2.12. The summed E-state index contributed by atoms with van der Waals surface area (Å²) in [4.78, 5) is 15.5. The lowest BCUT2D eigenvalue weighted by Gasteiger charge is -2.08. The zero-order chi connectivity index (χ0) is 12.3. The van der Waals surface area contributed by atoms with E-state index in [1.54, 1.807) is 24.7 Å². The van der Waals surface area contributed by atoms with Gasteiger partial charge in [0.1, 0.15) is 0 Å². The van der Waals surface area contributed by atoms with Crippen molar-refractivity contribution < 1.29 is 9.53 Å². The molecule has 2 rings (SSSR count). The van der Waals surface area contributed by atoms with E-state index in [9.17, 15) is 4.79 Å². The van der Waals surface area contributed by atoms with Crippen LogP contribution >= 0.6 is 0 Å². The molecule has 17 heavy (non-hydrogen) atoms. The van der Waals surface area contributed by atoms with Gasteiger partial charge in [-0.2, -0.15) is 5.10 Å². The molecule has 0 aliphatic rings. The van der Waals surface area contributed by atoms with Crippen LogP contribution in [0.3, 0.4) is 0 Å². The number of hydrogen-bond acceptors (Lipinski definition) is 5. The van der Waals surface area contributed by atoms with Crippen LogP contribution in [0.2, 0.25) is 0 Å². The van der Waals surface area contributed by atoms with Crippen LogP contribution in [0.15, 0.2) is 24.7 Å². The Morgan fingerprint density at radius 1 is 1.41 bits per heavy atom. The van der Waals surface area contributed by atoms with Gasteiger partial charge in [-0.3, -0.25) is 10.1 Å². The number of nitrogens with one attached hydrogen (secondary N) is 2. The number of aryl methyl sites for hydroxylation is 1. The number of ether oxygens (including phenoxy) is 1. The predicted molar refractivity (Wildman–Crippen MR) is 62.2 cm³/mol. The highest BCUT2D eigenvalue weighted by molar-refractivity contribution is 5.96. The van der Waals surface area contributed by atoms with E-state index in [4.69, 9.17) is 4.74 Å². The van der Waals surface area contributed by atoms with Gasteiger partial charge in [0.25, 0.3) is 0 Å². The molecule has 0 atom stereocenters. The van der Waals surface area contributed by atoms with Crippen molar-refractivity contribution in [3.63, 3.8) is 0 Å². The van der Waals surface area contributed by atoms with Crippen molar-refractivity contribution in [2.75, 3.05) is 12.4 Å². The Morgan fingerprint density at radius 3 is 2.88 bits per heavy atom. The zero-order valence-corrected chi connectivity index (χ0v) is 9.52. The third kappa shape index (κ3) is 2.25. The minimum absolute atomic E-state index is 0.406. The lowest BCUT2D eigenvalue weighted by atomic mass is 10.2. The van der Waals surface area contributed by atoms with Gasteiger partial charge in [0.05, 0.1) is 42.1 Å². The van der Waals surface area contributed by atoms with Gasteiger partial charge >= 0.3 is 5.97 Å². The SMILES string of the molecule is COC(=O)c1ccncc1Nc1cn[nH]c1C. The summed E-state index contributed by atoms with van der Waals surface area (Å²) in [7, 11) is 1.34. The summed E-state index contributed by atoms with van der Waals surface area (Å²) in [5, 5.41) is 9.77. The van der Waals surface area contributed by atoms with Crippen LogP contribution < -0.4 is 5.32 Å². The number of aromatic amines is 1. The Labute approximate surface area is 98.0 Å². The average molecular weight is 232 g/mol. The molecule has 0 amide bonds. The highest BCUT2D eigenvalue weighted by atomic mass is 16.5. The van der Waals surface area contributed by atoms with Crippen molar-refractivity contribution >= 4 is 17.3 Å². The molecule has 2 N–H and O–H groups in total. The molecule has 0 fully saturated rings. The molecule has 0 aliphatic carbocycles. The summed E-state index contributed by atoms with van der Waals surface area (Å²) < 4.78 is 4.70. The van der Waals surface area contributed by atoms with Gasteiger partial charge in [-0.15, -0.1) is 0 Å². The van der Waals surface area contributed by atoms with Crippen molar-refractivity contribution in [3.05, 3.63) is 35.9 Å². The van der Waals surface area contributed by atoms with Crippen LogP contribution in [-0.4, -0.2) is 28.3 Å². The quantitative estimate of drug-likeness (QED) is 0.786. The van der Waals surface area contributed by atoms with Crippen LogP contribution in [0.25, 0.3) is 0 Å². The number of H-pyrrole nitrogens is 1. The van der Waals surface area contributed by atoms with Crippen molar-refractivity contribution in [1.82, 2.24) is 15.2 Å². The van der Waals surface area contributed by atoms with Crippen LogP contribution in [0.4, 0.5) is 11.4 Å². The van der Waals surface area contributed by atoms with E-state index in [1.807, 2.05) is 6.92 Å². The maximum Gasteiger partial charge on any atom is 0.340 e. The summed E-state index contributed by atoms with van der Waals surface area (Å²) in [6, 6.07) is 1.60. The molecule has 0 unspecified atom stereocenters. The van der Waals surface area contributed by atoms with Gasteiger partial charge in [0.15, 0.2) is 0 Å². The van der Waals surface area contributed by atoms with E-state index in [0.29, 0.717) is 11.3 Å². The van der Waals surface area contributed by atoms with Gasteiger partial charge in [0, 0.05) is 6.20 Å². The largest absolute Gasteiger partial charge is 0.465 e. The van der Waals surface area contributed by atoms with E-state index in [0.717, 1.165) is 11.4 Å². The number of aromatic nitrogens is 3. The second kappa shape index (κ2) is 4.65. The molecule has 0 radical (unpaired) electrons. The zero-order valence-electron chi connectivity index (χ0n) is 9.52. The molecule has 2 aromatic rings. The van der Waals surface area contributed by atoms with Crippen LogP contribution in [0, 0.1) is 6.92 Å². The molecule has 0 bridgehead atoms. The molecule has 0 aromatic carbocycles. The van der Waals surface area contributed by atoms with Gasteiger partial charge in [-0.25, -0.2) is 4.79 Å².